The van der Waals surface area contributed by atoms with Gasteiger partial charge in [0, 0.05) is 11.1 Å². The Bertz CT molecular complexity index is 1090. The second-order valence-corrected chi connectivity index (χ2v) is 5.18. The number of hydrogen-bond donors (Lipinski definition) is 3. The maximum Gasteiger partial charge on any atom is 0.323 e. The summed E-state index contributed by atoms with van der Waals surface area (Å²) in [7, 11) is 0. The summed E-state index contributed by atoms with van der Waals surface area (Å²) in [5.41, 5.74) is 2.75. The number of fused-ring (bicyclic) bond motifs is 2. The highest BCUT2D eigenvalue weighted by molar-refractivity contribution is 6.04. The molecule has 2 aromatic carbocycles. The molecule has 6 heteroatoms. The van der Waals surface area contributed by atoms with Crippen LogP contribution in [0.15, 0.2) is 59.4 Å². The number of rotatable bonds is 2. The molecule has 0 spiro atoms. The first-order chi connectivity index (χ1) is 11.2. The molecule has 0 bridgehead atoms. The van der Waals surface area contributed by atoms with Gasteiger partial charge in [0.1, 0.15) is 5.69 Å². The molecule has 0 aliphatic rings. The highest BCUT2D eigenvalue weighted by Crippen LogP contribution is 2.16. The van der Waals surface area contributed by atoms with Gasteiger partial charge in [-0.1, -0.05) is 24.3 Å². The monoisotopic (exact) mass is 304 g/mol. The number of nitrogens with one attached hydrogen (secondary N) is 3. The Morgan fingerprint density at radius 2 is 1.78 bits per heavy atom. The van der Waals surface area contributed by atoms with Crippen LogP contribution >= 0.6 is 0 Å². The summed E-state index contributed by atoms with van der Waals surface area (Å²) in [5.74, 6) is -0.298. The summed E-state index contributed by atoms with van der Waals surface area (Å²) in [4.78, 5) is 33.3. The van der Waals surface area contributed by atoms with E-state index in [9.17, 15) is 9.59 Å². The Labute approximate surface area is 130 Å². The van der Waals surface area contributed by atoms with Crippen molar-refractivity contribution in [1.82, 2.24) is 15.0 Å². The van der Waals surface area contributed by atoms with Crippen molar-refractivity contribution in [2.24, 2.45) is 0 Å². The number of carbonyl (C=O) groups is 1. The largest absolute Gasteiger partial charge is 0.323 e. The lowest BCUT2D eigenvalue weighted by Gasteiger charge is -2.05. The van der Waals surface area contributed by atoms with Gasteiger partial charge in [-0.15, -0.1) is 0 Å². The maximum absolute atomic E-state index is 12.3. The third kappa shape index (κ3) is 2.46. The molecule has 1 amide bonds. The minimum absolute atomic E-state index is 0.278. The Kier molecular flexibility index (Phi) is 2.94. The van der Waals surface area contributed by atoms with Crippen LogP contribution in [0.2, 0.25) is 0 Å². The van der Waals surface area contributed by atoms with Crippen LogP contribution in [0.4, 0.5) is 5.69 Å². The SMILES string of the molecule is O=C(Nc1ccc2[nH]c(=O)[nH]c2c1)c1ccc2ccccc2n1. The molecule has 2 heterocycles. The molecule has 0 unspecified atom stereocenters. The number of amides is 1. The summed E-state index contributed by atoms with van der Waals surface area (Å²) < 4.78 is 0. The van der Waals surface area contributed by atoms with Gasteiger partial charge in [-0.3, -0.25) is 4.79 Å². The average molecular weight is 304 g/mol. The predicted octanol–water partition coefficient (Wildman–Crippen LogP) is 2.66. The van der Waals surface area contributed by atoms with E-state index in [0.717, 1.165) is 10.9 Å². The number of hydrogen-bond acceptors (Lipinski definition) is 3. The highest BCUT2D eigenvalue weighted by atomic mass is 16.2. The van der Waals surface area contributed by atoms with Crippen LogP contribution in [-0.4, -0.2) is 20.9 Å². The average Bonchev–Trinajstić information content (AvgIpc) is 2.93. The van der Waals surface area contributed by atoms with Crippen LogP contribution in [0.1, 0.15) is 10.5 Å². The fourth-order valence-corrected chi connectivity index (χ4v) is 2.50. The first kappa shape index (κ1) is 13.3. The molecule has 0 saturated carbocycles. The molecule has 23 heavy (non-hydrogen) atoms. The topological polar surface area (TPSA) is 90.6 Å². The summed E-state index contributed by atoms with van der Waals surface area (Å²) in [5, 5.41) is 3.77. The molecule has 6 nitrogen and oxygen atoms in total. The third-order valence-electron chi connectivity index (χ3n) is 3.60. The molecule has 2 aromatic heterocycles. The Morgan fingerprint density at radius 3 is 2.70 bits per heavy atom. The van der Waals surface area contributed by atoms with Gasteiger partial charge in [0.2, 0.25) is 0 Å². The van der Waals surface area contributed by atoms with Crippen molar-refractivity contribution >= 4 is 33.5 Å². The number of carbonyl (C=O) groups excluding carboxylic acids is 1. The van der Waals surface area contributed by atoms with Crippen molar-refractivity contribution in [2.75, 3.05) is 5.32 Å². The van der Waals surface area contributed by atoms with Crippen LogP contribution < -0.4 is 11.0 Å². The van der Waals surface area contributed by atoms with Gasteiger partial charge < -0.3 is 15.3 Å². The van der Waals surface area contributed by atoms with Crippen molar-refractivity contribution in [2.45, 2.75) is 0 Å². The van der Waals surface area contributed by atoms with Crippen LogP contribution in [0.25, 0.3) is 21.9 Å². The summed E-state index contributed by atoms with van der Waals surface area (Å²) in [6, 6.07) is 16.3. The van der Waals surface area contributed by atoms with E-state index in [1.54, 1.807) is 24.3 Å². The highest BCUT2D eigenvalue weighted by Gasteiger charge is 2.09. The van der Waals surface area contributed by atoms with Crippen molar-refractivity contribution in [3.63, 3.8) is 0 Å². The first-order valence-electron chi connectivity index (χ1n) is 7.08. The summed E-state index contributed by atoms with van der Waals surface area (Å²) in [6.07, 6.45) is 0. The van der Waals surface area contributed by atoms with Crippen molar-refractivity contribution in [3.8, 4) is 0 Å². The maximum atomic E-state index is 12.3. The lowest BCUT2D eigenvalue weighted by atomic mass is 10.2. The number of nitrogens with zero attached hydrogens (tertiary/aromatic N) is 1. The molecule has 0 aliphatic carbocycles. The van der Waals surface area contributed by atoms with E-state index in [1.807, 2.05) is 30.3 Å². The standard InChI is InChI=1S/C17H12N4O2/c22-16(14-7-5-10-3-1-2-4-12(10)19-14)18-11-6-8-13-15(9-11)21-17(23)20-13/h1-9H,(H,18,22)(H2,20,21,23). The van der Waals surface area contributed by atoms with Gasteiger partial charge in [-0.25, -0.2) is 9.78 Å². The molecule has 4 rings (SSSR count). The number of benzene rings is 2. The van der Waals surface area contributed by atoms with Gasteiger partial charge in [-0.2, -0.15) is 0 Å². The normalized spacial score (nSPS) is 11.0. The second kappa shape index (κ2) is 5.10. The van der Waals surface area contributed by atoms with Crippen LogP contribution in [0.5, 0.6) is 0 Å². The molecule has 112 valence electrons. The number of aromatic nitrogens is 3. The quantitative estimate of drug-likeness (QED) is 0.531. The van der Waals surface area contributed by atoms with E-state index in [1.165, 1.54) is 0 Å². The van der Waals surface area contributed by atoms with E-state index in [0.29, 0.717) is 22.4 Å². The lowest BCUT2D eigenvalue weighted by molar-refractivity contribution is 0.102. The van der Waals surface area contributed by atoms with Crippen molar-refractivity contribution < 1.29 is 4.79 Å². The molecule has 4 aromatic rings. The third-order valence-corrected chi connectivity index (χ3v) is 3.60. The van der Waals surface area contributed by atoms with Crippen molar-refractivity contribution in [1.29, 1.82) is 0 Å². The number of imidazole rings is 1. The minimum Gasteiger partial charge on any atom is -0.321 e. The smallest absolute Gasteiger partial charge is 0.321 e. The number of H-pyrrole nitrogens is 2. The van der Waals surface area contributed by atoms with Gasteiger partial charge in [0.05, 0.1) is 16.6 Å². The summed E-state index contributed by atoms with van der Waals surface area (Å²) in [6.45, 7) is 0. The Morgan fingerprint density at radius 1 is 0.957 bits per heavy atom. The lowest BCUT2D eigenvalue weighted by Crippen LogP contribution is -2.13. The predicted molar refractivity (Wildman–Crippen MR) is 88.6 cm³/mol. The second-order valence-electron chi connectivity index (χ2n) is 5.18. The van der Waals surface area contributed by atoms with Gasteiger partial charge in [0.15, 0.2) is 0 Å². The number of aromatic amines is 2. The van der Waals surface area contributed by atoms with Crippen molar-refractivity contribution in [3.05, 3.63) is 70.8 Å². The Balaban J connectivity index is 1.65. The minimum atomic E-state index is -0.298. The first-order valence-corrected chi connectivity index (χ1v) is 7.08. The van der Waals surface area contributed by atoms with Crippen LogP contribution in [-0.2, 0) is 0 Å². The molecule has 0 radical (unpaired) electrons. The molecule has 0 aliphatic heterocycles. The molecule has 3 N–H and O–H groups in total. The van der Waals surface area contributed by atoms with E-state index in [-0.39, 0.29) is 11.6 Å². The number of anilines is 1. The summed E-state index contributed by atoms with van der Waals surface area (Å²) >= 11 is 0. The van der Waals surface area contributed by atoms with E-state index < -0.39 is 0 Å². The zero-order chi connectivity index (χ0) is 15.8. The molecule has 0 fully saturated rings. The van der Waals surface area contributed by atoms with E-state index in [2.05, 4.69) is 20.3 Å². The van der Waals surface area contributed by atoms with Gasteiger partial charge in [0.25, 0.3) is 5.91 Å². The Hall–Kier alpha value is -3.41. The zero-order valence-electron chi connectivity index (χ0n) is 12.0. The van der Waals surface area contributed by atoms with Crippen LogP contribution in [0.3, 0.4) is 0 Å². The molecular weight excluding hydrogens is 292 g/mol. The zero-order valence-corrected chi connectivity index (χ0v) is 12.0. The molecular formula is C17H12N4O2. The number of pyridine rings is 1. The van der Waals surface area contributed by atoms with Gasteiger partial charge >= 0.3 is 5.69 Å². The number of para-hydroxylation sites is 1. The van der Waals surface area contributed by atoms with Crippen LogP contribution in [0, 0.1) is 0 Å². The molecule has 0 atom stereocenters. The van der Waals surface area contributed by atoms with Gasteiger partial charge in [-0.05, 0) is 30.3 Å². The molecule has 0 saturated heterocycles. The van der Waals surface area contributed by atoms with E-state index >= 15 is 0 Å². The fourth-order valence-electron chi connectivity index (χ4n) is 2.50. The van der Waals surface area contributed by atoms with E-state index in [4.69, 9.17) is 0 Å². The fraction of sp³-hybridized carbons (Fsp3) is 0.